The largest absolute Gasteiger partial charge is 0.459 e. The number of amides is 1. The van der Waals surface area contributed by atoms with Crippen LogP contribution >= 0.6 is 11.6 Å². The lowest BCUT2D eigenvalue weighted by Crippen LogP contribution is -2.69. The number of hydrogen-bond acceptors (Lipinski definition) is 9. The predicted molar refractivity (Wildman–Crippen MR) is 222 cm³/mol. The highest BCUT2D eigenvalue weighted by Crippen LogP contribution is 2.62. The van der Waals surface area contributed by atoms with Gasteiger partial charge in [-0.3, -0.25) is 0 Å². The maximum atomic E-state index is 13.8. The van der Waals surface area contributed by atoms with Crippen molar-refractivity contribution in [2.75, 3.05) is 39.4 Å². The van der Waals surface area contributed by atoms with Gasteiger partial charge in [0.05, 0.1) is 24.1 Å². The molecule has 0 unspecified atom stereocenters. The van der Waals surface area contributed by atoms with Crippen LogP contribution in [0, 0.1) is 31.6 Å². The molecule has 1 heterocycles. The SMILES string of the molecule is C=CCO[C@@]12Oc3ccc(Oc4ccc(C)c(C)c4)cc3[C@H]3[C@H](CCCCO)[C@@H](CCCCO)C=C(C(=NOCc4ccccc4)C[C@@H]1N(C)C(=O)OCCCl)[C@H]32. The lowest BCUT2D eigenvalue weighted by molar-refractivity contribution is -0.253. The summed E-state index contributed by atoms with van der Waals surface area (Å²) in [6.07, 6.45) is 8.40. The number of nitrogens with zero attached hydrogens (tertiary/aromatic N) is 2. The minimum Gasteiger partial charge on any atom is -0.459 e. The van der Waals surface area contributed by atoms with Gasteiger partial charge in [0.15, 0.2) is 0 Å². The van der Waals surface area contributed by atoms with Gasteiger partial charge in [0.1, 0.15) is 36.5 Å². The Morgan fingerprint density at radius 3 is 2.46 bits per heavy atom. The quantitative estimate of drug-likeness (QED) is 0.0533. The van der Waals surface area contributed by atoms with Gasteiger partial charge in [-0.05, 0) is 104 Å². The minimum atomic E-state index is -1.38. The number of carbonyl (C=O) groups is 1. The monoisotopic (exact) mass is 800 g/mol. The fraction of sp³-hybridized carbons (Fsp3) is 0.478. The van der Waals surface area contributed by atoms with Crippen LogP contribution in [0.2, 0.25) is 0 Å². The van der Waals surface area contributed by atoms with Crippen molar-refractivity contribution in [2.24, 2.45) is 22.9 Å². The Kier molecular flexibility index (Phi) is 14.7. The third kappa shape index (κ3) is 9.52. The van der Waals surface area contributed by atoms with Crippen molar-refractivity contribution in [3.63, 3.8) is 0 Å². The average Bonchev–Trinajstić information content (AvgIpc) is 3.22. The molecule has 0 bridgehead atoms. The molecule has 3 aromatic carbocycles. The second-order valence-electron chi connectivity index (χ2n) is 15.3. The minimum absolute atomic E-state index is 0.0474. The topological polar surface area (TPSA) is 119 Å². The molecule has 6 atom stereocenters. The number of rotatable bonds is 19. The molecule has 2 aliphatic carbocycles. The zero-order valence-corrected chi connectivity index (χ0v) is 34.2. The normalized spacial score (nSPS) is 24.1. The van der Waals surface area contributed by atoms with Gasteiger partial charge in [-0.15, -0.1) is 18.2 Å². The van der Waals surface area contributed by atoms with Gasteiger partial charge < -0.3 is 38.9 Å². The van der Waals surface area contributed by atoms with Gasteiger partial charge in [-0.1, -0.05) is 66.5 Å². The molecule has 1 aliphatic heterocycles. The number of ether oxygens (including phenoxy) is 4. The summed E-state index contributed by atoms with van der Waals surface area (Å²) in [6.45, 7) is 8.83. The Morgan fingerprint density at radius 2 is 1.74 bits per heavy atom. The number of alkyl halides is 1. The Balaban J connectivity index is 1.55. The molecular formula is C46H57ClN2O8. The number of hydrogen-bond donors (Lipinski definition) is 2. The van der Waals surface area contributed by atoms with Crippen molar-refractivity contribution in [3.05, 3.63) is 113 Å². The van der Waals surface area contributed by atoms with Gasteiger partial charge in [-0.2, -0.15) is 0 Å². The number of fused-ring (bicyclic) bond motifs is 2. The van der Waals surface area contributed by atoms with E-state index in [1.54, 1.807) is 18.0 Å². The number of aliphatic hydroxyl groups excluding tert-OH is 2. The van der Waals surface area contributed by atoms with Crippen LogP contribution in [0.4, 0.5) is 4.79 Å². The first-order chi connectivity index (χ1) is 27.7. The lowest BCUT2D eigenvalue weighted by Gasteiger charge is -2.59. The lowest BCUT2D eigenvalue weighted by atomic mass is 9.55. The fourth-order valence-electron chi connectivity index (χ4n) is 8.82. The summed E-state index contributed by atoms with van der Waals surface area (Å²) in [7, 11) is 1.70. The van der Waals surface area contributed by atoms with E-state index >= 15 is 0 Å². The molecule has 1 saturated carbocycles. The number of oxime groups is 1. The number of halogens is 1. The summed E-state index contributed by atoms with van der Waals surface area (Å²) in [6, 6.07) is 21.2. The standard InChI is InChI=1S/C46H57ClN2O8/c1-5-24-54-46-42(49(4)45(52)53-25-21-47)29-40(48-55-30-33-13-7-6-8-14-33)38-27-34(15-9-11-22-50)37(16-10-12-23-51)43(44(38)46)39-28-36(19-20-41(39)57-46)56-35-18-17-31(2)32(3)26-35/h5-8,13-14,17-20,26-28,34,37,42-44,50-51H,1,9-12,15-16,21-25,29-30H2,2-4H3/t34-,37+,42-,43+,44+,46+/m0/s1. The predicted octanol–water partition coefficient (Wildman–Crippen LogP) is 9.24. The van der Waals surface area contributed by atoms with E-state index in [1.807, 2.05) is 54.6 Å². The number of allylic oxidation sites excluding steroid dienone is 1. The van der Waals surface area contributed by atoms with Crippen LogP contribution < -0.4 is 9.47 Å². The zero-order chi connectivity index (χ0) is 40.4. The number of benzene rings is 3. The Hall–Kier alpha value is -4.35. The number of aliphatic hydroxyl groups is 2. The first kappa shape index (κ1) is 42.3. The van der Waals surface area contributed by atoms with Crippen molar-refractivity contribution in [3.8, 4) is 17.2 Å². The van der Waals surface area contributed by atoms with Gasteiger partial charge in [0, 0.05) is 38.2 Å². The van der Waals surface area contributed by atoms with Crippen molar-refractivity contribution in [1.82, 2.24) is 4.90 Å². The molecule has 3 aliphatic rings. The summed E-state index contributed by atoms with van der Waals surface area (Å²) in [4.78, 5) is 21.4. The fourth-order valence-corrected chi connectivity index (χ4v) is 8.90. The molecule has 57 heavy (non-hydrogen) atoms. The first-order valence-corrected chi connectivity index (χ1v) is 20.7. The van der Waals surface area contributed by atoms with E-state index in [2.05, 4.69) is 38.6 Å². The summed E-state index contributed by atoms with van der Waals surface area (Å²) in [5.74, 6) is 0.375. The number of likely N-dealkylation sites (N-methyl/N-ethyl adjacent to an activating group) is 1. The molecular weight excluding hydrogens is 744 g/mol. The van der Waals surface area contributed by atoms with Crippen LogP contribution in [0.15, 0.2) is 96.2 Å². The molecule has 0 radical (unpaired) electrons. The van der Waals surface area contributed by atoms with Crippen molar-refractivity contribution < 1.29 is 38.8 Å². The van der Waals surface area contributed by atoms with E-state index < -0.39 is 23.8 Å². The van der Waals surface area contributed by atoms with E-state index in [0.29, 0.717) is 30.1 Å². The third-order valence-corrected chi connectivity index (χ3v) is 11.8. The van der Waals surface area contributed by atoms with Crippen molar-refractivity contribution >= 4 is 23.4 Å². The molecule has 1 amide bonds. The van der Waals surface area contributed by atoms with Gasteiger partial charge in [0.25, 0.3) is 0 Å². The molecule has 0 saturated heterocycles. The van der Waals surface area contributed by atoms with Crippen LogP contribution in [0.1, 0.15) is 73.1 Å². The second-order valence-corrected chi connectivity index (χ2v) is 15.7. The second kappa shape index (κ2) is 19.9. The maximum absolute atomic E-state index is 13.8. The number of unbranched alkanes of at least 4 members (excludes halogenated alkanes) is 2. The van der Waals surface area contributed by atoms with Crippen molar-refractivity contribution in [2.45, 2.75) is 83.1 Å². The van der Waals surface area contributed by atoms with E-state index in [4.69, 9.17) is 40.5 Å². The Bertz CT molecular complexity index is 1890. The van der Waals surface area contributed by atoms with Crippen LogP contribution in [0.25, 0.3) is 0 Å². The highest BCUT2D eigenvalue weighted by Gasteiger charge is 2.65. The van der Waals surface area contributed by atoms with Crippen LogP contribution in [0.5, 0.6) is 17.2 Å². The summed E-state index contributed by atoms with van der Waals surface area (Å²) in [5, 5.41) is 24.6. The molecule has 10 nitrogen and oxygen atoms in total. The summed E-state index contributed by atoms with van der Waals surface area (Å²) < 4.78 is 26.3. The van der Waals surface area contributed by atoms with Gasteiger partial charge in [0.2, 0.25) is 5.79 Å². The molecule has 11 heteroatoms. The highest BCUT2D eigenvalue weighted by molar-refractivity contribution is 6.18. The third-order valence-electron chi connectivity index (χ3n) is 11.7. The molecule has 0 aromatic heterocycles. The molecule has 0 spiro atoms. The zero-order valence-electron chi connectivity index (χ0n) is 33.4. The first-order valence-electron chi connectivity index (χ1n) is 20.2. The smallest absolute Gasteiger partial charge is 0.410 e. The number of aryl methyl sites for hydroxylation is 2. The molecule has 3 aromatic rings. The van der Waals surface area contributed by atoms with Gasteiger partial charge in [-0.25, -0.2) is 4.79 Å². The van der Waals surface area contributed by atoms with E-state index in [1.165, 1.54) is 5.56 Å². The molecule has 2 N–H and O–H groups in total. The molecule has 306 valence electrons. The number of carbonyl (C=O) groups excluding carboxylic acids is 1. The highest BCUT2D eigenvalue weighted by atomic mass is 35.5. The van der Waals surface area contributed by atoms with Gasteiger partial charge >= 0.3 is 6.09 Å². The molecule has 1 fully saturated rings. The van der Waals surface area contributed by atoms with E-state index in [9.17, 15) is 15.0 Å². The van der Waals surface area contributed by atoms with Crippen LogP contribution in [-0.4, -0.2) is 78.1 Å². The molecule has 6 rings (SSSR count). The summed E-state index contributed by atoms with van der Waals surface area (Å²) >= 11 is 5.96. The van der Waals surface area contributed by atoms with E-state index in [0.717, 1.165) is 53.7 Å². The Morgan fingerprint density at radius 1 is 1.00 bits per heavy atom. The van der Waals surface area contributed by atoms with Crippen LogP contribution in [0.3, 0.4) is 0 Å². The van der Waals surface area contributed by atoms with E-state index in [-0.39, 0.29) is 63.1 Å². The Labute approximate surface area is 342 Å². The van der Waals surface area contributed by atoms with Crippen LogP contribution in [-0.2, 0) is 20.9 Å². The summed E-state index contributed by atoms with van der Waals surface area (Å²) in [5.41, 5.74) is 5.93. The van der Waals surface area contributed by atoms with Crippen molar-refractivity contribution in [1.29, 1.82) is 0 Å². The maximum Gasteiger partial charge on any atom is 0.410 e. The average molecular weight is 801 g/mol.